The quantitative estimate of drug-likeness (QED) is 0.134. The number of urea groups is 1. The van der Waals surface area contributed by atoms with Crippen molar-refractivity contribution >= 4 is 30.0 Å². The Kier molecular flexibility index (Phi) is 10.2. The third-order valence-corrected chi connectivity index (χ3v) is 3.46. The van der Waals surface area contributed by atoms with E-state index in [1.54, 1.807) is 0 Å². The van der Waals surface area contributed by atoms with Crippen LogP contribution in [-0.2, 0) is 4.79 Å². The number of unbranched alkanes of at least 4 members (excludes halogenated alkanes) is 1. The summed E-state index contributed by atoms with van der Waals surface area (Å²) in [6.07, 6.45) is 3.05. The van der Waals surface area contributed by atoms with Crippen molar-refractivity contribution in [3.05, 3.63) is 10.1 Å². The number of carboxylic acid groups (broad SMARTS) is 1. The molecule has 0 fully saturated rings. The number of thioether (sulfide) groups is 1. The SMILES string of the molecule is NNC(=O)N=CCS[C@H](CCCCC(=O)O)C[N+](=O)[O-]. The first-order valence-electron chi connectivity index (χ1n) is 5.94. The van der Waals surface area contributed by atoms with Gasteiger partial charge in [-0.15, -0.1) is 11.8 Å². The van der Waals surface area contributed by atoms with Gasteiger partial charge in [0.1, 0.15) is 0 Å². The van der Waals surface area contributed by atoms with Crippen LogP contribution in [0.5, 0.6) is 0 Å². The lowest BCUT2D eigenvalue weighted by Crippen LogP contribution is -2.27. The van der Waals surface area contributed by atoms with Crippen molar-refractivity contribution < 1.29 is 19.6 Å². The third kappa shape index (κ3) is 11.4. The van der Waals surface area contributed by atoms with Crippen molar-refractivity contribution in [2.75, 3.05) is 12.3 Å². The van der Waals surface area contributed by atoms with Crippen molar-refractivity contribution in [2.45, 2.75) is 30.9 Å². The normalized spacial score (nSPS) is 12.2. The maximum atomic E-state index is 10.7. The molecular formula is C10H18N4O5S. The Balaban J connectivity index is 4.01. The van der Waals surface area contributed by atoms with E-state index in [0.29, 0.717) is 25.0 Å². The number of carbonyl (C=O) groups excluding carboxylic acids is 1. The van der Waals surface area contributed by atoms with Gasteiger partial charge < -0.3 is 5.11 Å². The molecule has 0 saturated heterocycles. The number of nitro groups is 1. The van der Waals surface area contributed by atoms with Crippen LogP contribution in [0.15, 0.2) is 4.99 Å². The molecule has 0 spiro atoms. The number of carbonyl (C=O) groups is 2. The number of nitrogens with two attached hydrogens (primary N) is 1. The third-order valence-electron chi connectivity index (χ3n) is 2.26. The van der Waals surface area contributed by atoms with Gasteiger partial charge in [0.25, 0.3) is 0 Å². The number of rotatable bonds is 10. The summed E-state index contributed by atoms with van der Waals surface area (Å²) in [6, 6.07) is -0.683. The number of carboxylic acids is 1. The minimum absolute atomic E-state index is 0.0635. The molecule has 2 amide bonds. The molecule has 0 aromatic carbocycles. The number of hydrogen-bond acceptors (Lipinski definition) is 6. The van der Waals surface area contributed by atoms with Gasteiger partial charge in [-0.25, -0.2) is 15.6 Å². The van der Waals surface area contributed by atoms with Gasteiger partial charge in [0.05, 0.1) is 5.25 Å². The van der Waals surface area contributed by atoms with E-state index in [1.165, 1.54) is 18.0 Å². The molecule has 0 aliphatic carbocycles. The largest absolute Gasteiger partial charge is 0.481 e. The fourth-order valence-corrected chi connectivity index (χ4v) is 2.37. The molecule has 20 heavy (non-hydrogen) atoms. The number of hydrazine groups is 1. The zero-order valence-corrected chi connectivity index (χ0v) is 11.7. The Morgan fingerprint density at radius 1 is 1.50 bits per heavy atom. The minimum Gasteiger partial charge on any atom is -0.481 e. The summed E-state index contributed by atoms with van der Waals surface area (Å²) in [4.78, 5) is 34.6. The van der Waals surface area contributed by atoms with E-state index in [4.69, 9.17) is 10.9 Å². The topological polar surface area (TPSA) is 148 Å². The summed E-state index contributed by atoms with van der Waals surface area (Å²) in [5.41, 5.74) is 1.83. The summed E-state index contributed by atoms with van der Waals surface area (Å²) < 4.78 is 0. The van der Waals surface area contributed by atoms with Crippen LogP contribution in [0.2, 0.25) is 0 Å². The van der Waals surface area contributed by atoms with Crippen molar-refractivity contribution in [3.63, 3.8) is 0 Å². The first-order valence-corrected chi connectivity index (χ1v) is 6.99. The lowest BCUT2D eigenvalue weighted by atomic mass is 10.1. The molecule has 10 heteroatoms. The minimum atomic E-state index is -0.872. The molecule has 0 aliphatic rings. The van der Waals surface area contributed by atoms with E-state index >= 15 is 0 Å². The zero-order valence-electron chi connectivity index (χ0n) is 10.9. The van der Waals surface area contributed by atoms with Gasteiger partial charge >= 0.3 is 12.0 Å². The van der Waals surface area contributed by atoms with Crippen molar-refractivity contribution in [1.82, 2.24) is 5.43 Å². The molecule has 0 unspecified atom stereocenters. The summed E-state index contributed by atoms with van der Waals surface area (Å²) in [6.45, 7) is -0.200. The molecule has 9 nitrogen and oxygen atoms in total. The maximum Gasteiger partial charge on any atom is 0.354 e. The number of nitrogens with one attached hydrogen (secondary N) is 1. The van der Waals surface area contributed by atoms with Crippen molar-refractivity contribution in [1.29, 1.82) is 0 Å². The highest BCUT2D eigenvalue weighted by Crippen LogP contribution is 2.17. The van der Waals surface area contributed by atoms with E-state index in [1.807, 2.05) is 5.43 Å². The molecule has 114 valence electrons. The van der Waals surface area contributed by atoms with E-state index in [9.17, 15) is 19.7 Å². The van der Waals surface area contributed by atoms with Crippen LogP contribution >= 0.6 is 11.8 Å². The van der Waals surface area contributed by atoms with Crippen LogP contribution < -0.4 is 11.3 Å². The van der Waals surface area contributed by atoms with Gasteiger partial charge in [0.2, 0.25) is 6.54 Å². The lowest BCUT2D eigenvalue weighted by molar-refractivity contribution is -0.479. The maximum absolute atomic E-state index is 10.7. The summed E-state index contributed by atoms with van der Waals surface area (Å²) >= 11 is 1.30. The fourth-order valence-electron chi connectivity index (χ4n) is 1.38. The molecule has 0 aliphatic heterocycles. The number of nitrogens with zero attached hydrogens (tertiary/aromatic N) is 2. The van der Waals surface area contributed by atoms with Crippen LogP contribution in [0, 0.1) is 10.1 Å². The highest BCUT2D eigenvalue weighted by atomic mass is 32.2. The monoisotopic (exact) mass is 306 g/mol. The molecule has 1 atom stereocenters. The number of hydrogen-bond donors (Lipinski definition) is 3. The van der Waals surface area contributed by atoms with Gasteiger partial charge in [0, 0.05) is 23.3 Å². The molecule has 0 aromatic heterocycles. The molecular weight excluding hydrogens is 288 g/mol. The second kappa shape index (κ2) is 11.2. The first-order chi connectivity index (χ1) is 9.45. The predicted molar refractivity (Wildman–Crippen MR) is 75.4 cm³/mol. The van der Waals surface area contributed by atoms with Crippen molar-refractivity contribution in [2.24, 2.45) is 10.8 Å². The Bertz CT molecular complexity index is 364. The second-order valence-corrected chi connectivity index (χ2v) is 5.20. The molecule has 0 aromatic rings. The van der Waals surface area contributed by atoms with Crippen LogP contribution in [0.4, 0.5) is 4.79 Å². The Morgan fingerprint density at radius 2 is 2.20 bits per heavy atom. The zero-order chi connectivity index (χ0) is 15.4. The van der Waals surface area contributed by atoms with Gasteiger partial charge in [-0.1, -0.05) is 6.42 Å². The molecule has 0 saturated carbocycles. The molecule has 4 N–H and O–H groups in total. The van der Waals surface area contributed by atoms with E-state index < -0.39 is 16.9 Å². The fraction of sp³-hybridized carbons (Fsp3) is 0.700. The Morgan fingerprint density at radius 3 is 2.75 bits per heavy atom. The average molecular weight is 306 g/mol. The molecule has 0 rings (SSSR count). The summed E-state index contributed by atoms with van der Waals surface area (Å²) in [5, 5.41) is 18.8. The Labute approximate surface area is 120 Å². The summed E-state index contributed by atoms with van der Waals surface area (Å²) in [5.74, 6) is 4.31. The van der Waals surface area contributed by atoms with Crippen LogP contribution in [0.25, 0.3) is 0 Å². The number of amides is 2. The predicted octanol–water partition coefficient (Wildman–Crippen LogP) is 0.664. The second-order valence-electron chi connectivity index (χ2n) is 3.87. The average Bonchev–Trinajstić information content (AvgIpc) is 2.37. The number of aliphatic imine (C=N–C) groups is 1. The van der Waals surface area contributed by atoms with E-state index in [-0.39, 0.29) is 18.2 Å². The van der Waals surface area contributed by atoms with Crippen LogP contribution in [-0.4, -0.2) is 45.8 Å². The van der Waals surface area contributed by atoms with Crippen molar-refractivity contribution in [3.8, 4) is 0 Å². The highest BCUT2D eigenvalue weighted by molar-refractivity contribution is 8.00. The molecule has 0 bridgehead atoms. The number of aliphatic carboxylic acids is 1. The summed E-state index contributed by atoms with van der Waals surface area (Å²) in [7, 11) is 0. The van der Waals surface area contributed by atoms with E-state index in [2.05, 4.69) is 4.99 Å². The standard InChI is InChI=1S/C10H18N4O5S/c11-13-10(17)12-5-6-20-8(7-14(18)19)3-1-2-4-9(15)16/h5,8H,1-4,6-7,11H2,(H,13,17)(H,15,16)/t8-/m1/s1. The Hall–Kier alpha value is -1.68. The highest BCUT2D eigenvalue weighted by Gasteiger charge is 2.15. The van der Waals surface area contributed by atoms with Gasteiger partial charge in [0.15, 0.2) is 0 Å². The smallest absolute Gasteiger partial charge is 0.354 e. The van der Waals surface area contributed by atoms with Crippen LogP contribution in [0.3, 0.4) is 0 Å². The van der Waals surface area contributed by atoms with E-state index in [0.717, 1.165) is 0 Å². The lowest BCUT2D eigenvalue weighted by Gasteiger charge is -2.10. The van der Waals surface area contributed by atoms with Gasteiger partial charge in [-0.05, 0) is 12.8 Å². The first kappa shape index (κ1) is 18.3. The van der Waals surface area contributed by atoms with Gasteiger partial charge in [-0.3, -0.25) is 20.3 Å². The van der Waals surface area contributed by atoms with Gasteiger partial charge in [-0.2, -0.15) is 0 Å². The van der Waals surface area contributed by atoms with Crippen LogP contribution in [0.1, 0.15) is 25.7 Å². The molecule has 0 radical (unpaired) electrons. The molecule has 0 heterocycles.